The van der Waals surface area contributed by atoms with Gasteiger partial charge in [-0.25, -0.2) is 0 Å². The average Bonchev–Trinajstić information content (AvgIpc) is 2.78. The van der Waals surface area contributed by atoms with Crippen molar-refractivity contribution in [3.63, 3.8) is 0 Å². The molecule has 0 aliphatic carbocycles. The number of aryl methyl sites for hydroxylation is 1. The normalized spacial score (nSPS) is 10.8. The molecule has 0 saturated carbocycles. The SMILES string of the molecule is CC(C)C.COc1ccc(C(=O)Nc2cccc(/C=C(\C(C)=O)c3ccccc3C)c2)cc1. The lowest BCUT2D eigenvalue weighted by molar-refractivity contribution is -0.111. The van der Waals surface area contributed by atoms with Crippen LogP contribution < -0.4 is 10.1 Å². The number of hydrogen-bond acceptors (Lipinski definition) is 3. The molecule has 0 heterocycles. The Morgan fingerprint density at radius 3 is 2.12 bits per heavy atom. The van der Waals surface area contributed by atoms with Crippen LogP contribution in [0.1, 0.15) is 54.7 Å². The number of hydrogen-bond donors (Lipinski definition) is 1. The highest BCUT2D eigenvalue weighted by Crippen LogP contribution is 2.24. The summed E-state index contributed by atoms with van der Waals surface area (Å²) < 4.78 is 5.12. The van der Waals surface area contributed by atoms with Gasteiger partial charge in [-0.15, -0.1) is 0 Å². The molecule has 4 heteroatoms. The van der Waals surface area contributed by atoms with Gasteiger partial charge in [-0.3, -0.25) is 9.59 Å². The number of benzene rings is 3. The summed E-state index contributed by atoms with van der Waals surface area (Å²) in [4.78, 5) is 24.8. The second kappa shape index (κ2) is 12.4. The number of ether oxygens (including phenoxy) is 1. The lowest BCUT2D eigenvalue weighted by Gasteiger charge is -2.10. The van der Waals surface area contributed by atoms with Crippen LogP contribution in [-0.4, -0.2) is 18.8 Å². The van der Waals surface area contributed by atoms with Gasteiger partial charge >= 0.3 is 0 Å². The van der Waals surface area contributed by atoms with E-state index in [0.717, 1.165) is 22.6 Å². The number of ketones is 1. The zero-order valence-corrected chi connectivity index (χ0v) is 20.3. The molecule has 172 valence electrons. The lowest BCUT2D eigenvalue weighted by atomic mass is 9.96. The predicted molar refractivity (Wildman–Crippen MR) is 138 cm³/mol. The third kappa shape index (κ3) is 8.08. The topological polar surface area (TPSA) is 55.4 Å². The quantitative estimate of drug-likeness (QED) is 0.328. The fourth-order valence-electron chi connectivity index (χ4n) is 3.06. The van der Waals surface area contributed by atoms with Gasteiger partial charge in [-0.05, 0) is 78.9 Å². The third-order valence-electron chi connectivity index (χ3n) is 4.62. The Hall–Kier alpha value is -3.66. The number of nitrogens with one attached hydrogen (secondary N) is 1. The summed E-state index contributed by atoms with van der Waals surface area (Å²) in [6, 6.07) is 22.1. The van der Waals surface area contributed by atoms with Gasteiger partial charge in [0.25, 0.3) is 5.91 Å². The number of rotatable bonds is 6. The first-order chi connectivity index (χ1) is 15.7. The molecule has 0 unspecified atom stereocenters. The van der Waals surface area contributed by atoms with Gasteiger partial charge in [-0.2, -0.15) is 0 Å². The highest BCUT2D eigenvalue weighted by atomic mass is 16.5. The number of amides is 1. The van der Waals surface area contributed by atoms with E-state index in [0.29, 0.717) is 22.6 Å². The molecule has 0 spiro atoms. The average molecular weight is 444 g/mol. The summed E-state index contributed by atoms with van der Waals surface area (Å²) in [6.45, 7) is 10.0. The molecule has 3 aromatic carbocycles. The minimum atomic E-state index is -0.209. The van der Waals surface area contributed by atoms with E-state index in [1.165, 1.54) is 0 Å². The predicted octanol–water partition coefficient (Wildman–Crippen LogP) is 7.05. The zero-order chi connectivity index (χ0) is 24.4. The Labute approximate surface area is 197 Å². The van der Waals surface area contributed by atoms with Crippen molar-refractivity contribution in [3.8, 4) is 5.75 Å². The molecule has 1 N–H and O–H groups in total. The van der Waals surface area contributed by atoms with Crippen LogP contribution >= 0.6 is 0 Å². The number of carbonyl (C=O) groups is 2. The van der Waals surface area contributed by atoms with Gasteiger partial charge in [0.1, 0.15) is 5.75 Å². The number of Topliss-reactive ketones (excluding diaryl/α,β-unsaturated/α-hetero) is 1. The first kappa shape index (κ1) is 25.6. The van der Waals surface area contributed by atoms with E-state index in [1.807, 2.05) is 61.5 Å². The molecule has 33 heavy (non-hydrogen) atoms. The van der Waals surface area contributed by atoms with Crippen LogP contribution in [-0.2, 0) is 4.79 Å². The third-order valence-corrected chi connectivity index (χ3v) is 4.62. The Morgan fingerprint density at radius 1 is 0.909 bits per heavy atom. The molecule has 3 rings (SSSR count). The maximum Gasteiger partial charge on any atom is 0.255 e. The van der Waals surface area contributed by atoms with Gasteiger partial charge in [0.2, 0.25) is 0 Å². The number of carbonyl (C=O) groups excluding carboxylic acids is 2. The Morgan fingerprint density at radius 2 is 1.55 bits per heavy atom. The van der Waals surface area contributed by atoms with Crippen molar-refractivity contribution in [2.24, 2.45) is 5.92 Å². The van der Waals surface area contributed by atoms with E-state index in [4.69, 9.17) is 4.74 Å². The van der Waals surface area contributed by atoms with Crippen molar-refractivity contribution < 1.29 is 14.3 Å². The van der Waals surface area contributed by atoms with Crippen LogP contribution in [0, 0.1) is 12.8 Å². The number of allylic oxidation sites excluding steroid dienone is 1. The van der Waals surface area contributed by atoms with Crippen LogP contribution in [0.25, 0.3) is 11.6 Å². The second-order valence-electron chi connectivity index (χ2n) is 8.47. The molecular weight excluding hydrogens is 410 g/mol. The van der Waals surface area contributed by atoms with Gasteiger partial charge < -0.3 is 10.1 Å². The van der Waals surface area contributed by atoms with Crippen LogP contribution in [0.5, 0.6) is 5.75 Å². The first-order valence-electron chi connectivity index (χ1n) is 11.1. The Balaban J connectivity index is 0.000000890. The van der Waals surface area contributed by atoms with Crippen molar-refractivity contribution in [2.45, 2.75) is 34.6 Å². The number of methoxy groups -OCH3 is 1. The van der Waals surface area contributed by atoms with Crippen molar-refractivity contribution in [1.29, 1.82) is 0 Å². The molecule has 0 fully saturated rings. The fourth-order valence-corrected chi connectivity index (χ4v) is 3.06. The summed E-state index contributed by atoms with van der Waals surface area (Å²) in [5.41, 5.74) is 4.63. The summed E-state index contributed by atoms with van der Waals surface area (Å²) in [7, 11) is 1.58. The van der Waals surface area contributed by atoms with Crippen molar-refractivity contribution in [3.05, 3.63) is 95.1 Å². The van der Waals surface area contributed by atoms with Crippen LogP contribution in [0.2, 0.25) is 0 Å². The van der Waals surface area contributed by atoms with Gasteiger partial charge in [0.05, 0.1) is 7.11 Å². The fraction of sp³-hybridized carbons (Fsp3) is 0.241. The highest BCUT2D eigenvalue weighted by Gasteiger charge is 2.11. The molecule has 0 atom stereocenters. The van der Waals surface area contributed by atoms with Crippen molar-refractivity contribution >= 4 is 29.0 Å². The molecule has 0 bridgehead atoms. The molecule has 4 nitrogen and oxygen atoms in total. The van der Waals surface area contributed by atoms with E-state index in [1.54, 1.807) is 38.3 Å². The van der Waals surface area contributed by atoms with Crippen LogP contribution in [0.15, 0.2) is 72.8 Å². The van der Waals surface area contributed by atoms with Crippen molar-refractivity contribution in [2.75, 3.05) is 12.4 Å². The largest absolute Gasteiger partial charge is 0.497 e. The summed E-state index contributed by atoms with van der Waals surface area (Å²) in [5, 5.41) is 2.90. The molecule has 0 aliphatic heterocycles. The molecule has 0 radical (unpaired) electrons. The van der Waals surface area contributed by atoms with E-state index in [-0.39, 0.29) is 11.7 Å². The van der Waals surface area contributed by atoms with Crippen molar-refractivity contribution in [1.82, 2.24) is 0 Å². The summed E-state index contributed by atoms with van der Waals surface area (Å²) >= 11 is 0. The maximum atomic E-state index is 12.5. The second-order valence-corrected chi connectivity index (χ2v) is 8.47. The smallest absolute Gasteiger partial charge is 0.255 e. The minimum Gasteiger partial charge on any atom is -0.497 e. The summed E-state index contributed by atoms with van der Waals surface area (Å²) in [6.07, 6.45) is 1.85. The molecule has 0 saturated heterocycles. The van der Waals surface area contributed by atoms with E-state index < -0.39 is 0 Å². The first-order valence-corrected chi connectivity index (χ1v) is 11.1. The maximum absolute atomic E-state index is 12.5. The summed E-state index contributed by atoms with van der Waals surface area (Å²) in [5.74, 6) is 1.31. The minimum absolute atomic E-state index is 0.00743. The van der Waals surface area contributed by atoms with E-state index in [9.17, 15) is 9.59 Å². The lowest BCUT2D eigenvalue weighted by Crippen LogP contribution is -2.11. The van der Waals surface area contributed by atoms with E-state index >= 15 is 0 Å². The molecule has 0 aliphatic rings. The molecule has 0 aromatic heterocycles. The van der Waals surface area contributed by atoms with E-state index in [2.05, 4.69) is 26.1 Å². The van der Waals surface area contributed by atoms with Gasteiger partial charge in [-0.1, -0.05) is 57.2 Å². The monoisotopic (exact) mass is 443 g/mol. The standard InChI is InChI=1S/C25H23NO3.C4H10/c1-17-7-4-5-10-23(17)24(18(2)27)16-19-8-6-9-21(15-19)26-25(28)20-11-13-22(29-3)14-12-20;1-4(2)3/h4-16H,1-3H3,(H,26,28);4H,1-3H3/b24-16+;. The van der Waals surface area contributed by atoms with Crippen LogP contribution in [0.4, 0.5) is 5.69 Å². The highest BCUT2D eigenvalue weighted by molar-refractivity contribution is 6.24. The Bertz CT molecular complexity index is 1110. The van der Waals surface area contributed by atoms with Crippen LogP contribution in [0.3, 0.4) is 0 Å². The number of anilines is 1. The zero-order valence-electron chi connectivity index (χ0n) is 20.3. The molecular formula is C29H33NO3. The van der Waals surface area contributed by atoms with Gasteiger partial charge in [0.15, 0.2) is 5.78 Å². The Kier molecular flexibility index (Phi) is 9.62. The van der Waals surface area contributed by atoms with Gasteiger partial charge in [0, 0.05) is 16.8 Å². The molecule has 3 aromatic rings. The molecule has 1 amide bonds.